The van der Waals surface area contributed by atoms with Gasteiger partial charge in [0.2, 0.25) is 29.5 Å². The number of halogens is 1. The number of ketones is 1. The summed E-state index contributed by atoms with van der Waals surface area (Å²) in [4.78, 5) is 139. The second-order valence-corrected chi connectivity index (χ2v) is 36.8. The maximum Gasteiger partial charge on any atom is 0.409 e. The van der Waals surface area contributed by atoms with E-state index < -0.39 is 168 Å². The normalized spacial score (nSPS) is 20.7. The summed E-state index contributed by atoms with van der Waals surface area (Å²) in [5.41, 5.74) is 6.36. The third-order valence-electron chi connectivity index (χ3n) is 21.7. The second-order valence-electron chi connectivity index (χ2n) is 32.3. The number of urea groups is 1. The number of benzene rings is 6. The number of alkyl carbamates (subject to hydrolysis) is 1. The summed E-state index contributed by atoms with van der Waals surface area (Å²) < 4.78 is 96.8. The van der Waals surface area contributed by atoms with E-state index in [1.54, 1.807) is 141 Å². The van der Waals surface area contributed by atoms with Gasteiger partial charge in [0.1, 0.15) is 65.7 Å². The van der Waals surface area contributed by atoms with Gasteiger partial charge in [-0.2, -0.15) is 0 Å². The summed E-state index contributed by atoms with van der Waals surface area (Å²) in [6.07, 6.45) is 0.607. The Morgan fingerprint density at radius 3 is 1.92 bits per heavy atom. The van der Waals surface area contributed by atoms with Gasteiger partial charge in [-0.1, -0.05) is 129 Å². The highest BCUT2D eigenvalue weighted by atomic mass is 35.5. The van der Waals surface area contributed by atoms with E-state index >= 15 is 0 Å². The molecule has 4 aliphatic rings. The van der Waals surface area contributed by atoms with Gasteiger partial charge in [-0.15, -0.1) is 0 Å². The van der Waals surface area contributed by atoms with Crippen LogP contribution in [0.15, 0.2) is 161 Å². The number of primary amides is 1. The van der Waals surface area contributed by atoms with Crippen LogP contribution in [0.4, 0.5) is 21.0 Å². The van der Waals surface area contributed by atoms with Crippen LogP contribution >= 0.6 is 11.6 Å². The van der Waals surface area contributed by atoms with Crippen molar-refractivity contribution in [3.05, 3.63) is 190 Å². The molecule has 4 heterocycles. The fraction of sp³-hybridized carbons (Fsp3) is 0.438. The molecule has 0 aliphatic carbocycles. The molecule has 31 nitrogen and oxygen atoms in total. The van der Waals surface area contributed by atoms with Crippen molar-refractivity contribution in [3.8, 4) is 22.6 Å². The molecule has 0 spiro atoms. The van der Waals surface area contributed by atoms with Gasteiger partial charge < -0.3 is 80.8 Å². The molecule has 0 aromatic heterocycles. The SMILES string of the molecule is COCCNC(=O)[C@@H](CCC(=O)N[C@@H](C(=O)N[C@H](CCCNC(N)=O)C(=O)Nc1ccc(COc2ccc(-c3c(OC)cc4cc3N(C)C(=O)C[C@H](OC(=O)C(C)C)[C@]3(C)CC(C)(O3)[C@@H]3CC(O)(NC(=O)O3)[C@H](OC)/C=C\C=C(\C)C4)cc2Cl)cc1)C(C)C)NC(=O)c1ccc(C(=O)C(CS(=O)(=O)c2ccc(C)cc2)CS(=O)(=O)c2ccc(C)cc2)cc1. The van der Waals surface area contributed by atoms with Crippen molar-refractivity contribution in [1.82, 2.24) is 31.9 Å². The lowest BCUT2D eigenvalue weighted by Crippen LogP contribution is -2.72. The van der Waals surface area contributed by atoms with E-state index in [-0.39, 0.29) is 96.5 Å². The minimum absolute atomic E-state index is 0.00812. The van der Waals surface area contributed by atoms with Gasteiger partial charge in [0.25, 0.3) is 5.91 Å². The Kier molecular flexibility index (Phi) is 32.6. The maximum absolute atomic E-state index is 15.0. The van der Waals surface area contributed by atoms with Crippen molar-refractivity contribution >= 4 is 102 Å². The number of ether oxygens (including phenoxy) is 7. The zero-order chi connectivity index (χ0) is 90.1. The zero-order valence-corrected chi connectivity index (χ0v) is 73.6. The second kappa shape index (κ2) is 41.9. The number of carbonyl (C=O) groups is 10. The lowest BCUT2D eigenvalue weighted by atomic mass is 9.72. The molecule has 9 amide bonds. The van der Waals surface area contributed by atoms with Crippen LogP contribution in [-0.2, 0) is 85.2 Å². The van der Waals surface area contributed by atoms with Crippen LogP contribution in [0.3, 0.4) is 0 Å². The number of anilines is 2. The lowest BCUT2D eigenvalue weighted by Gasteiger charge is -2.59. The van der Waals surface area contributed by atoms with E-state index in [0.717, 1.165) is 22.3 Å². The molecule has 6 bridgehead atoms. The minimum Gasteiger partial charge on any atom is -0.496 e. The first-order valence-electron chi connectivity index (χ1n) is 40.3. The predicted octanol–water partition coefficient (Wildman–Crippen LogP) is 9.43. The number of carbonyl (C=O) groups excluding carboxylic acids is 10. The van der Waals surface area contributed by atoms with Gasteiger partial charge in [0.15, 0.2) is 31.2 Å². The number of methoxy groups -OCH3 is 3. The third kappa shape index (κ3) is 25.3. The van der Waals surface area contributed by atoms with Crippen molar-refractivity contribution in [1.29, 1.82) is 0 Å². The van der Waals surface area contributed by atoms with E-state index in [9.17, 15) is 69.9 Å². The number of Topliss-reactive ketones (excluding diaryl/α,β-unsaturated/α-hetero) is 1. The third-order valence-corrected chi connectivity index (χ3v) is 25.6. The number of aliphatic hydroxyl groups is 1. The van der Waals surface area contributed by atoms with E-state index in [0.29, 0.717) is 40.2 Å². The molecule has 2 fully saturated rings. The molecule has 2 unspecified atom stereocenters. The molecule has 4 aliphatic heterocycles. The van der Waals surface area contributed by atoms with Crippen LogP contribution in [0.1, 0.15) is 136 Å². The number of amides is 9. The maximum atomic E-state index is 15.0. The van der Waals surface area contributed by atoms with Crippen molar-refractivity contribution in [3.63, 3.8) is 0 Å². The number of hydrogen-bond acceptors (Lipinski definition) is 22. The highest BCUT2D eigenvalue weighted by molar-refractivity contribution is 7.92. The van der Waals surface area contributed by atoms with Crippen molar-refractivity contribution in [2.45, 2.75) is 183 Å². The van der Waals surface area contributed by atoms with Gasteiger partial charge in [-0.05, 0) is 156 Å². The monoisotopic (exact) mass is 1760 g/mol. The first-order chi connectivity index (χ1) is 58.1. The van der Waals surface area contributed by atoms with Gasteiger partial charge in [-0.25, -0.2) is 26.4 Å². The Balaban J connectivity index is 0.859. The average molecular weight is 1760 g/mol. The van der Waals surface area contributed by atoms with Gasteiger partial charge >= 0.3 is 18.1 Å². The first kappa shape index (κ1) is 95.8. The Labute approximate surface area is 721 Å². The topological polar surface area (TPSA) is 437 Å². The smallest absolute Gasteiger partial charge is 0.409 e. The fourth-order valence-corrected chi connectivity index (χ4v) is 18.3. The van der Waals surface area contributed by atoms with E-state index in [1.165, 1.54) is 74.8 Å². The fourth-order valence-electron chi connectivity index (χ4n) is 14.8. The summed E-state index contributed by atoms with van der Waals surface area (Å²) in [5.74, 6) is -9.26. The Morgan fingerprint density at radius 1 is 0.724 bits per heavy atom. The van der Waals surface area contributed by atoms with E-state index in [4.69, 9.17) is 50.5 Å². The Hall–Kier alpha value is -11.1. The highest BCUT2D eigenvalue weighted by Gasteiger charge is 2.63. The lowest BCUT2D eigenvalue weighted by molar-refractivity contribution is -0.328. The number of hydrogen-bond donors (Lipinski definition) is 9. The summed E-state index contributed by atoms with van der Waals surface area (Å²) in [7, 11) is -2.52. The molecule has 9 atom stereocenters. The van der Waals surface area contributed by atoms with Crippen LogP contribution in [-0.4, -0.2) is 194 Å². The number of aryl methyl sites for hydroxylation is 2. The number of esters is 1. The van der Waals surface area contributed by atoms with Crippen LogP contribution in [0.2, 0.25) is 5.02 Å². The van der Waals surface area contributed by atoms with Crippen molar-refractivity contribution in [2.24, 2.45) is 23.5 Å². The number of nitrogens with zero attached hydrogens (tertiary/aromatic N) is 1. The standard InChI is InChI=1S/C89H110ClN9O22S2/c1-52(2)78(97-75(100)38-36-68(81(104)92-40-41-115-11)95-80(103)60-27-25-59(26-28-60)79(102)62(49-122(111,112)64-32-19-54(5)20-33-64)50-123(113,114)65-34-21-55(6)22-35-65)83(106)96-67(17-15-39-93-85(91)108)82(105)94-63-30-23-57(24-31-63)48-118-70-37-29-61(45-66(70)90)77-69-43-58(44-71(77)116-12)42-56(7)16-14-18-72(117-13)89(110)47-74(120-86(109)98-89)88(9)51-87(8,121-88)73(46-76(101)99(69)10)119-84(107)53(3)4/h14,16,18-35,37,43-45,52-53,62,67-68,72-74,78,110H,15,17,36,38-42,46-51H2,1-13H3,(H,92,104)(H,94,105)(H,95,103)(H,96,106)(H,97,100)(H,98,109)(H3,91,93,108)/b18-14-,56-16-/t67-,68-,72-,73+,74+,78-,87+,88?,89?/m1/s1. The molecular weight excluding hydrogens is 1650 g/mol. The predicted molar refractivity (Wildman–Crippen MR) is 460 cm³/mol. The van der Waals surface area contributed by atoms with E-state index in [1.807, 2.05) is 25.1 Å². The Bertz CT molecular complexity index is 5080. The number of sulfone groups is 2. The van der Waals surface area contributed by atoms with Gasteiger partial charge in [0, 0.05) is 76.0 Å². The molecular formula is C89H110ClN9O22S2. The van der Waals surface area contributed by atoms with Crippen LogP contribution in [0, 0.1) is 31.6 Å². The highest BCUT2D eigenvalue weighted by Crippen LogP contribution is 2.51. The largest absolute Gasteiger partial charge is 0.496 e. The summed E-state index contributed by atoms with van der Waals surface area (Å²) in [6, 6.07) is 27.6. The van der Waals surface area contributed by atoms with Gasteiger partial charge in [-0.3, -0.25) is 43.7 Å². The molecule has 0 saturated carbocycles. The first-order valence-corrected chi connectivity index (χ1v) is 44.0. The molecule has 10 N–H and O–H groups in total. The molecule has 0 radical (unpaired) electrons. The summed E-state index contributed by atoms with van der Waals surface area (Å²) >= 11 is 7.08. The number of nitrogens with two attached hydrogens (primary N) is 1. The van der Waals surface area contributed by atoms with Crippen LogP contribution in [0.25, 0.3) is 11.1 Å². The van der Waals surface area contributed by atoms with E-state index in [2.05, 4.69) is 37.2 Å². The molecule has 6 aromatic rings. The average Bonchev–Trinajstić information content (AvgIpc) is 0.820. The molecule has 10 rings (SSSR count). The van der Waals surface area contributed by atoms with Gasteiger partial charge in [0.05, 0.1) is 64.0 Å². The number of fused-ring (bicyclic) bond motifs is 6. The molecule has 662 valence electrons. The molecule has 34 heteroatoms. The zero-order valence-electron chi connectivity index (χ0n) is 71.2. The number of rotatable bonds is 35. The van der Waals surface area contributed by atoms with Crippen molar-refractivity contribution < 1.29 is 103 Å². The number of nitrogens with one attached hydrogen (secondary N) is 7. The molecule has 123 heavy (non-hydrogen) atoms. The summed E-state index contributed by atoms with van der Waals surface area (Å²) in [6.45, 7) is 15.7. The Morgan fingerprint density at radius 2 is 1.34 bits per heavy atom. The minimum atomic E-state index is -4.22. The molecule has 6 aromatic carbocycles. The van der Waals surface area contributed by atoms with Crippen molar-refractivity contribution in [2.75, 3.05) is 69.8 Å². The molecule has 2 saturated heterocycles. The van der Waals surface area contributed by atoms with Crippen LogP contribution < -0.4 is 57.3 Å². The summed E-state index contributed by atoms with van der Waals surface area (Å²) in [5, 5.41) is 30.7. The van der Waals surface area contributed by atoms with Crippen LogP contribution in [0.5, 0.6) is 11.5 Å². The quantitative estimate of drug-likeness (QED) is 0.0102. The number of allylic oxidation sites excluding steroid dienone is 3.